The summed E-state index contributed by atoms with van der Waals surface area (Å²) >= 11 is 0. The van der Waals surface area contributed by atoms with Gasteiger partial charge in [-0.05, 0) is 49.9 Å². The van der Waals surface area contributed by atoms with Crippen LogP contribution in [-0.2, 0) is 6.54 Å². The molecule has 1 aromatic carbocycles. The van der Waals surface area contributed by atoms with Gasteiger partial charge in [0.05, 0.1) is 12.9 Å². The number of nitriles is 2. The maximum absolute atomic E-state index is 11.9. The highest BCUT2D eigenvalue weighted by Gasteiger charge is 2.17. The van der Waals surface area contributed by atoms with E-state index in [1.165, 1.54) is 6.33 Å². The van der Waals surface area contributed by atoms with E-state index in [2.05, 4.69) is 4.98 Å². The van der Waals surface area contributed by atoms with E-state index in [1.54, 1.807) is 11.5 Å². The third-order valence-electron chi connectivity index (χ3n) is 3.86. The standard InChI is InChI=1S/C17H16N4O/c1-10-5-11(2)17(13(4)22)12(3)14(10)8-21-9-20-15(6-18)16(21)7-19/h5,9H,8H2,1-4H3. The number of nitrogens with zero attached hydrogens (tertiary/aromatic N) is 4. The first-order valence-corrected chi connectivity index (χ1v) is 6.86. The maximum atomic E-state index is 11.9. The first kappa shape index (κ1) is 15.5. The van der Waals surface area contributed by atoms with Crippen LogP contribution in [0.2, 0.25) is 0 Å². The van der Waals surface area contributed by atoms with Crippen LogP contribution in [0.3, 0.4) is 0 Å². The number of carbonyl (C=O) groups is 1. The fourth-order valence-electron chi connectivity index (χ4n) is 2.88. The Bertz CT molecular complexity index is 847. The molecule has 22 heavy (non-hydrogen) atoms. The molecule has 0 saturated heterocycles. The van der Waals surface area contributed by atoms with Crippen molar-refractivity contribution in [3.63, 3.8) is 0 Å². The van der Waals surface area contributed by atoms with Crippen molar-refractivity contribution in [1.29, 1.82) is 10.5 Å². The monoisotopic (exact) mass is 292 g/mol. The highest BCUT2D eigenvalue weighted by atomic mass is 16.1. The van der Waals surface area contributed by atoms with Gasteiger partial charge in [-0.25, -0.2) is 4.98 Å². The van der Waals surface area contributed by atoms with Crippen molar-refractivity contribution >= 4 is 5.78 Å². The van der Waals surface area contributed by atoms with Crippen LogP contribution < -0.4 is 0 Å². The summed E-state index contributed by atoms with van der Waals surface area (Å²) in [6.07, 6.45) is 1.49. The highest BCUT2D eigenvalue weighted by Crippen LogP contribution is 2.24. The van der Waals surface area contributed by atoms with Crippen molar-refractivity contribution < 1.29 is 4.79 Å². The molecule has 0 N–H and O–H groups in total. The van der Waals surface area contributed by atoms with E-state index in [0.717, 1.165) is 27.8 Å². The number of ketones is 1. The van der Waals surface area contributed by atoms with E-state index in [1.807, 2.05) is 39.0 Å². The van der Waals surface area contributed by atoms with Crippen LogP contribution in [0.5, 0.6) is 0 Å². The van der Waals surface area contributed by atoms with Gasteiger partial charge in [0.1, 0.15) is 12.1 Å². The largest absolute Gasteiger partial charge is 0.317 e. The lowest BCUT2D eigenvalue weighted by molar-refractivity contribution is 0.101. The molecule has 110 valence electrons. The number of aryl methyl sites for hydroxylation is 2. The summed E-state index contributed by atoms with van der Waals surface area (Å²) in [5.41, 5.74) is 4.99. The number of rotatable bonds is 3. The van der Waals surface area contributed by atoms with Gasteiger partial charge in [-0.3, -0.25) is 4.79 Å². The smallest absolute Gasteiger partial charge is 0.176 e. The summed E-state index contributed by atoms with van der Waals surface area (Å²) in [6, 6.07) is 5.91. The minimum absolute atomic E-state index is 0.0279. The van der Waals surface area contributed by atoms with E-state index in [-0.39, 0.29) is 17.2 Å². The maximum Gasteiger partial charge on any atom is 0.176 e. The molecule has 0 fully saturated rings. The Morgan fingerprint density at radius 3 is 2.45 bits per heavy atom. The molecule has 0 bridgehead atoms. The second-order valence-electron chi connectivity index (χ2n) is 5.34. The molecule has 0 spiro atoms. The zero-order valence-corrected chi connectivity index (χ0v) is 13.1. The molecule has 0 aliphatic carbocycles. The average molecular weight is 292 g/mol. The SMILES string of the molecule is CC(=O)c1c(C)cc(C)c(Cn2cnc(C#N)c2C#N)c1C. The Hall–Kier alpha value is -2.92. The molecule has 2 rings (SSSR count). The Kier molecular flexibility index (Phi) is 4.10. The fraction of sp³-hybridized carbons (Fsp3) is 0.294. The zero-order chi connectivity index (χ0) is 16.4. The predicted octanol–water partition coefficient (Wildman–Crippen LogP) is 2.80. The Labute approximate surface area is 129 Å². The quantitative estimate of drug-likeness (QED) is 0.814. The summed E-state index contributed by atoms with van der Waals surface area (Å²) in [4.78, 5) is 15.8. The van der Waals surface area contributed by atoms with Crippen LogP contribution >= 0.6 is 0 Å². The van der Waals surface area contributed by atoms with Crippen LogP contribution in [-0.4, -0.2) is 15.3 Å². The molecule has 5 nitrogen and oxygen atoms in total. The molecule has 0 aliphatic heterocycles. The van der Waals surface area contributed by atoms with Crippen molar-refractivity contribution in [1.82, 2.24) is 9.55 Å². The number of hydrogen-bond acceptors (Lipinski definition) is 4. The third kappa shape index (κ3) is 2.49. The van der Waals surface area contributed by atoms with E-state index < -0.39 is 0 Å². The van der Waals surface area contributed by atoms with Crippen molar-refractivity contribution in [3.8, 4) is 12.1 Å². The number of Topliss-reactive ketones (excluding diaryl/α,β-unsaturated/α-hetero) is 1. The summed E-state index contributed by atoms with van der Waals surface area (Å²) in [6.45, 7) is 7.79. The molecule has 0 atom stereocenters. The first-order chi connectivity index (χ1) is 10.4. The van der Waals surface area contributed by atoms with Crippen molar-refractivity contribution in [3.05, 3.63) is 51.6 Å². The van der Waals surface area contributed by atoms with E-state index in [4.69, 9.17) is 5.26 Å². The number of carbonyl (C=O) groups excluding carboxylic acids is 1. The van der Waals surface area contributed by atoms with Crippen LogP contribution in [0.25, 0.3) is 0 Å². The van der Waals surface area contributed by atoms with Crippen LogP contribution in [0.15, 0.2) is 12.4 Å². The molecule has 0 unspecified atom stereocenters. The van der Waals surface area contributed by atoms with Gasteiger partial charge >= 0.3 is 0 Å². The van der Waals surface area contributed by atoms with Gasteiger partial charge in [0, 0.05) is 5.56 Å². The Morgan fingerprint density at radius 1 is 1.23 bits per heavy atom. The van der Waals surface area contributed by atoms with Crippen LogP contribution in [0, 0.1) is 43.4 Å². The predicted molar refractivity (Wildman–Crippen MR) is 81.4 cm³/mol. The lowest BCUT2D eigenvalue weighted by atomic mass is 9.91. The number of hydrogen-bond donors (Lipinski definition) is 0. The summed E-state index contributed by atoms with van der Waals surface area (Å²) in [5.74, 6) is 0.0279. The topological polar surface area (TPSA) is 82.5 Å². The van der Waals surface area contributed by atoms with E-state index in [0.29, 0.717) is 6.54 Å². The van der Waals surface area contributed by atoms with Crippen LogP contribution in [0.4, 0.5) is 0 Å². The second-order valence-corrected chi connectivity index (χ2v) is 5.34. The Morgan fingerprint density at radius 2 is 1.91 bits per heavy atom. The van der Waals surface area contributed by atoms with Crippen molar-refractivity contribution in [2.45, 2.75) is 34.2 Å². The average Bonchev–Trinajstić information content (AvgIpc) is 2.84. The van der Waals surface area contributed by atoms with E-state index >= 15 is 0 Å². The summed E-state index contributed by atoms with van der Waals surface area (Å²) < 4.78 is 1.65. The first-order valence-electron chi connectivity index (χ1n) is 6.86. The van der Waals surface area contributed by atoms with Gasteiger partial charge in [0.15, 0.2) is 17.2 Å². The van der Waals surface area contributed by atoms with Crippen molar-refractivity contribution in [2.75, 3.05) is 0 Å². The minimum atomic E-state index is 0.0279. The molecule has 0 aliphatic rings. The molecule has 2 aromatic rings. The number of imidazole rings is 1. The van der Waals surface area contributed by atoms with Crippen molar-refractivity contribution in [2.24, 2.45) is 0 Å². The van der Waals surface area contributed by atoms with Gasteiger partial charge < -0.3 is 4.57 Å². The minimum Gasteiger partial charge on any atom is -0.317 e. The molecule has 0 saturated carbocycles. The molecule has 0 amide bonds. The molecular weight excluding hydrogens is 276 g/mol. The Balaban J connectivity index is 2.59. The molecule has 0 radical (unpaired) electrons. The van der Waals surface area contributed by atoms with Crippen LogP contribution in [0.1, 0.15) is 50.9 Å². The molecule has 1 heterocycles. The van der Waals surface area contributed by atoms with Gasteiger partial charge in [0.2, 0.25) is 0 Å². The lowest BCUT2D eigenvalue weighted by Gasteiger charge is -2.16. The van der Waals surface area contributed by atoms with Gasteiger partial charge in [-0.15, -0.1) is 0 Å². The van der Waals surface area contributed by atoms with Gasteiger partial charge in [-0.2, -0.15) is 10.5 Å². The number of aromatic nitrogens is 2. The fourth-order valence-corrected chi connectivity index (χ4v) is 2.88. The third-order valence-corrected chi connectivity index (χ3v) is 3.86. The normalized spacial score (nSPS) is 10.1. The van der Waals surface area contributed by atoms with E-state index in [9.17, 15) is 10.1 Å². The lowest BCUT2D eigenvalue weighted by Crippen LogP contribution is -2.10. The van der Waals surface area contributed by atoms with Gasteiger partial charge in [0.25, 0.3) is 0 Å². The summed E-state index contributed by atoms with van der Waals surface area (Å²) in [5, 5.41) is 18.2. The second kappa shape index (κ2) is 5.83. The number of benzene rings is 1. The van der Waals surface area contributed by atoms with Gasteiger partial charge in [-0.1, -0.05) is 6.07 Å². The molecule has 5 heteroatoms. The summed E-state index contributed by atoms with van der Waals surface area (Å²) in [7, 11) is 0. The molecular formula is C17H16N4O. The molecule has 1 aromatic heterocycles. The zero-order valence-electron chi connectivity index (χ0n) is 13.1. The highest BCUT2D eigenvalue weighted by molar-refractivity contribution is 5.97.